The third kappa shape index (κ3) is 2.88. The minimum Gasteiger partial charge on any atom is -0.481 e. The summed E-state index contributed by atoms with van der Waals surface area (Å²) in [5, 5.41) is 11.9. The number of hydrogen-bond donors (Lipinski definition) is 2. The molecule has 0 unspecified atom stereocenters. The van der Waals surface area contributed by atoms with Gasteiger partial charge in [0.15, 0.2) is 0 Å². The molecule has 2 aromatic rings. The van der Waals surface area contributed by atoms with E-state index in [1.165, 1.54) is 0 Å². The third-order valence-electron chi connectivity index (χ3n) is 2.57. The Kier molecular flexibility index (Phi) is 3.62. The number of fused-ring (bicyclic) bond motifs is 1. The van der Waals surface area contributed by atoms with Gasteiger partial charge in [0.1, 0.15) is 5.58 Å². The molecule has 0 fully saturated rings. The molecule has 2 rings (SSSR count). The van der Waals surface area contributed by atoms with E-state index in [2.05, 4.69) is 5.32 Å². The first-order valence-corrected chi connectivity index (χ1v) is 5.60. The van der Waals surface area contributed by atoms with Gasteiger partial charge in [-0.2, -0.15) is 0 Å². The molecule has 0 spiro atoms. The summed E-state index contributed by atoms with van der Waals surface area (Å²) in [6.07, 6.45) is 1.68. The monoisotopic (exact) mass is 247 g/mol. The lowest BCUT2D eigenvalue weighted by molar-refractivity contribution is -0.136. The predicted molar refractivity (Wildman–Crippen MR) is 65.2 cm³/mol. The Hall–Kier alpha value is -2.30. The largest absolute Gasteiger partial charge is 0.481 e. The minimum atomic E-state index is -0.927. The molecule has 5 heteroatoms. The average Bonchev–Trinajstić information content (AvgIpc) is 2.72. The van der Waals surface area contributed by atoms with Crippen LogP contribution in [-0.4, -0.2) is 23.5 Å². The molecule has 1 aromatic heterocycles. The number of hydrogen-bond acceptors (Lipinski definition) is 3. The Morgan fingerprint density at radius 3 is 2.83 bits per heavy atom. The Morgan fingerprint density at radius 2 is 2.06 bits per heavy atom. The minimum absolute atomic E-state index is 0.0716. The first-order chi connectivity index (χ1) is 8.66. The SMILES string of the molecule is O=C(O)CCNC(=O)Cc1coc2ccccc12. The van der Waals surface area contributed by atoms with E-state index < -0.39 is 5.97 Å². The first kappa shape index (κ1) is 12.2. The summed E-state index contributed by atoms with van der Waals surface area (Å²) >= 11 is 0. The van der Waals surface area contributed by atoms with Gasteiger partial charge in [-0.1, -0.05) is 18.2 Å². The van der Waals surface area contributed by atoms with E-state index in [-0.39, 0.29) is 25.3 Å². The average molecular weight is 247 g/mol. The number of para-hydroxylation sites is 1. The van der Waals surface area contributed by atoms with Crippen molar-refractivity contribution in [1.29, 1.82) is 0 Å². The maximum absolute atomic E-state index is 11.6. The molecule has 5 nitrogen and oxygen atoms in total. The number of aliphatic carboxylic acids is 1. The summed E-state index contributed by atoms with van der Waals surface area (Å²) in [7, 11) is 0. The van der Waals surface area contributed by atoms with Crippen molar-refractivity contribution in [2.24, 2.45) is 0 Å². The molecular formula is C13H13NO4. The highest BCUT2D eigenvalue weighted by Gasteiger charge is 2.09. The second-order valence-electron chi connectivity index (χ2n) is 3.93. The highest BCUT2D eigenvalue weighted by atomic mass is 16.4. The molecule has 94 valence electrons. The summed E-state index contributed by atoms with van der Waals surface area (Å²) < 4.78 is 5.32. The maximum Gasteiger partial charge on any atom is 0.305 e. The Labute approximate surface area is 103 Å². The van der Waals surface area contributed by atoms with Crippen molar-refractivity contribution < 1.29 is 19.1 Å². The molecule has 0 radical (unpaired) electrons. The third-order valence-corrected chi connectivity index (χ3v) is 2.57. The van der Waals surface area contributed by atoms with Crippen LogP contribution in [0.3, 0.4) is 0 Å². The molecule has 1 amide bonds. The quantitative estimate of drug-likeness (QED) is 0.840. The van der Waals surface area contributed by atoms with Gasteiger partial charge in [0.25, 0.3) is 0 Å². The summed E-state index contributed by atoms with van der Waals surface area (Å²) in [4.78, 5) is 21.9. The number of carboxylic acids is 1. The number of rotatable bonds is 5. The topological polar surface area (TPSA) is 79.5 Å². The molecule has 0 aliphatic heterocycles. The number of carbonyl (C=O) groups excluding carboxylic acids is 1. The lowest BCUT2D eigenvalue weighted by Gasteiger charge is -2.02. The lowest BCUT2D eigenvalue weighted by atomic mass is 10.1. The molecular weight excluding hydrogens is 234 g/mol. The molecule has 0 atom stereocenters. The van der Waals surface area contributed by atoms with Crippen LogP contribution >= 0.6 is 0 Å². The van der Waals surface area contributed by atoms with E-state index in [1.54, 1.807) is 6.26 Å². The van der Waals surface area contributed by atoms with Crippen LogP contribution in [0.5, 0.6) is 0 Å². The van der Waals surface area contributed by atoms with Gasteiger partial charge in [-0.15, -0.1) is 0 Å². The van der Waals surface area contributed by atoms with Crippen LogP contribution in [0.25, 0.3) is 11.0 Å². The molecule has 1 aromatic carbocycles. The van der Waals surface area contributed by atoms with E-state index in [4.69, 9.17) is 9.52 Å². The zero-order valence-corrected chi connectivity index (χ0v) is 9.68. The van der Waals surface area contributed by atoms with Crippen molar-refractivity contribution >= 4 is 22.8 Å². The lowest BCUT2D eigenvalue weighted by Crippen LogP contribution is -2.27. The van der Waals surface area contributed by atoms with Gasteiger partial charge in [0.2, 0.25) is 5.91 Å². The van der Waals surface area contributed by atoms with E-state index >= 15 is 0 Å². The fourth-order valence-corrected chi connectivity index (χ4v) is 1.71. The van der Waals surface area contributed by atoms with Crippen molar-refractivity contribution in [3.63, 3.8) is 0 Å². The number of furan rings is 1. The van der Waals surface area contributed by atoms with E-state index in [9.17, 15) is 9.59 Å². The van der Waals surface area contributed by atoms with Gasteiger partial charge >= 0.3 is 5.97 Å². The van der Waals surface area contributed by atoms with Crippen molar-refractivity contribution in [2.45, 2.75) is 12.8 Å². The standard InChI is InChI=1S/C13H13NO4/c15-12(14-6-5-13(16)17)7-9-8-18-11-4-2-1-3-10(9)11/h1-4,8H,5-7H2,(H,14,15)(H,16,17). The fraction of sp³-hybridized carbons (Fsp3) is 0.231. The van der Waals surface area contributed by atoms with Gasteiger partial charge in [-0.25, -0.2) is 0 Å². The summed E-state index contributed by atoms with van der Waals surface area (Å²) in [6.45, 7) is 0.143. The molecule has 1 heterocycles. The molecule has 0 bridgehead atoms. The highest BCUT2D eigenvalue weighted by Crippen LogP contribution is 2.20. The molecule has 0 saturated heterocycles. The normalized spacial score (nSPS) is 10.4. The van der Waals surface area contributed by atoms with Crippen LogP contribution in [-0.2, 0) is 16.0 Å². The van der Waals surface area contributed by atoms with Crippen LogP contribution in [0, 0.1) is 0 Å². The summed E-state index contributed by atoms with van der Waals surface area (Å²) in [6, 6.07) is 7.46. The number of carbonyl (C=O) groups is 2. The smallest absolute Gasteiger partial charge is 0.305 e. The van der Waals surface area contributed by atoms with E-state index in [0.717, 1.165) is 16.5 Å². The van der Waals surface area contributed by atoms with Gasteiger partial charge in [0.05, 0.1) is 19.1 Å². The van der Waals surface area contributed by atoms with Crippen LogP contribution in [0.15, 0.2) is 34.9 Å². The van der Waals surface area contributed by atoms with Gasteiger partial charge < -0.3 is 14.8 Å². The number of nitrogens with one attached hydrogen (secondary N) is 1. The van der Waals surface area contributed by atoms with Crippen LogP contribution in [0.4, 0.5) is 0 Å². The molecule has 2 N–H and O–H groups in total. The van der Waals surface area contributed by atoms with Crippen molar-refractivity contribution in [2.75, 3.05) is 6.54 Å². The van der Waals surface area contributed by atoms with Gasteiger partial charge in [-0.05, 0) is 6.07 Å². The first-order valence-electron chi connectivity index (χ1n) is 5.60. The fourth-order valence-electron chi connectivity index (χ4n) is 1.71. The highest BCUT2D eigenvalue weighted by molar-refractivity contribution is 5.87. The van der Waals surface area contributed by atoms with Crippen molar-refractivity contribution in [3.05, 3.63) is 36.1 Å². The molecule has 18 heavy (non-hydrogen) atoms. The van der Waals surface area contributed by atoms with E-state index in [0.29, 0.717) is 0 Å². The maximum atomic E-state index is 11.6. The predicted octanol–water partition coefficient (Wildman–Crippen LogP) is 1.57. The number of benzene rings is 1. The Bertz CT molecular complexity index is 573. The zero-order valence-electron chi connectivity index (χ0n) is 9.68. The summed E-state index contributed by atoms with van der Waals surface area (Å²) in [5.41, 5.74) is 1.55. The van der Waals surface area contributed by atoms with Crippen LogP contribution < -0.4 is 5.32 Å². The molecule has 0 aliphatic carbocycles. The van der Waals surface area contributed by atoms with Crippen molar-refractivity contribution in [3.8, 4) is 0 Å². The van der Waals surface area contributed by atoms with Crippen LogP contribution in [0.1, 0.15) is 12.0 Å². The molecule has 0 aliphatic rings. The zero-order chi connectivity index (χ0) is 13.0. The Morgan fingerprint density at radius 1 is 1.28 bits per heavy atom. The second-order valence-corrected chi connectivity index (χ2v) is 3.93. The van der Waals surface area contributed by atoms with E-state index in [1.807, 2.05) is 24.3 Å². The molecule has 0 saturated carbocycles. The van der Waals surface area contributed by atoms with Gasteiger partial charge in [0, 0.05) is 17.5 Å². The summed E-state index contributed by atoms with van der Waals surface area (Å²) in [5.74, 6) is -1.13. The number of carboxylic acid groups (broad SMARTS) is 1. The van der Waals surface area contributed by atoms with Crippen LogP contribution in [0.2, 0.25) is 0 Å². The second kappa shape index (κ2) is 5.35. The Balaban J connectivity index is 1.97. The number of amides is 1. The van der Waals surface area contributed by atoms with Crippen molar-refractivity contribution in [1.82, 2.24) is 5.32 Å². The van der Waals surface area contributed by atoms with Gasteiger partial charge in [-0.3, -0.25) is 9.59 Å².